The zero-order valence-corrected chi connectivity index (χ0v) is 10.7. The van der Waals surface area contributed by atoms with Crippen molar-refractivity contribution >= 4 is 0 Å². The fourth-order valence-electron chi connectivity index (χ4n) is 3.55. The fourth-order valence-corrected chi connectivity index (χ4v) is 3.55. The summed E-state index contributed by atoms with van der Waals surface area (Å²) < 4.78 is 0. The van der Waals surface area contributed by atoms with E-state index in [1.54, 1.807) is 0 Å². The van der Waals surface area contributed by atoms with Crippen LogP contribution in [0.25, 0.3) is 0 Å². The molecule has 16 heavy (non-hydrogen) atoms. The molecule has 2 rings (SSSR count). The molecule has 0 spiro atoms. The number of nitrogens with one attached hydrogen (secondary N) is 1. The second kappa shape index (κ2) is 5.50. The van der Waals surface area contributed by atoms with Crippen LogP contribution in [0.4, 0.5) is 0 Å². The van der Waals surface area contributed by atoms with E-state index in [4.69, 9.17) is 0 Å². The quantitative estimate of drug-likeness (QED) is 0.757. The lowest BCUT2D eigenvalue weighted by molar-refractivity contribution is -0.0488. The van der Waals surface area contributed by atoms with Crippen molar-refractivity contribution in [3.8, 4) is 0 Å². The first-order chi connectivity index (χ1) is 7.74. The van der Waals surface area contributed by atoms with Gasteiger partial charge in [0.1, 0.15) is 0 Å². The van der Waals surface area contributed by atoms with Gasteiger partial charge in [-0.25, -0.2) is 0 Å². The van der Waals surface area contributed by atoms with E-state index in [9.17, 15) is 5.11 Å². The third-order valence-electron chi connectivity index (χ3n) is 4.65. The van der Waals surface area contributed by atoms with E-state index in [2.05, 4.69) is 12.2 Å². The van der Waals surface area contributed by atoms with Gasteiger partial charge in [0.2, 0.25) is 0 Å². The van der Waals surface area contributed by atoms with Crippen molar-refractivity contribution in [3.63, 3.8) is 0 Å². The molecule has 2 fully saturated rings. The summed E-state index contributed by atoms with van der Waals surface area (Å²) in [4.78, 5) is 0. The predicted molar refractivity (Wildman–Crippen MR) is 67.5 cm³/mol. The molecule has 2 nitrogen and oxygen atoms in total. The Morgan fingerprint density at radius 1 is 1.19 bits per heavy atom. The molecule has 2 aliphatic rings. The van der Waals surface area contributed by atoms with E-state index in [1.807, 2.05) is 0 Å². The topological polar surface area (TPSA) is 32.3 Å². The maximum absolute atomic E-state index is 10.9. The van der Waals surface area contributed by atoms with Gasteiger partial charge in [0.05, 0.1) is 5.60 Å². The molecule has 1 saturated carbocycles. The van der Waals surface area contributed by atoms with Crippen molar-refractivity contribution in [2.75, 3.05) is 6.54 Å². The molecule has 0 amide bonds. The van der Waals surface area contributed by atoms with E-state index >= 15 is 0 Å². The minimum Gasteiger partial charge on any atom is -0.388 e. The summed E-state index contributed by atoms with van der Waals surface area (Å²) in [5.74, 6) is 0.754. The first-order valence-corrected chi connectivity index (χ1v) is 7.20. The third-order valence-corrected chi connectivity index (χ3v) is 4.65. The summed E-state index contributed by atoms with van der Waals surface area (Å²) >= 11 is 0. The lowest BCUT2D eigenvalue weighted by atomic mass is 9.72. The lowest BCUT2D eigenvalue weighted by Crippen LogP contribution is -2.52. The minimum atomic E-state index is -0.400. The van der Waals surface area contributed by atoms with E-state index in [1.165, 1.54) is 44.9 Å². The van der Waals surface area contributed by atoms with Crippen LogP contribution >= 0.6 is 0 Å². The van der Waals surface area contributed by atoms with Crippen molar-refractivity contribution in [1.29, 1.82) is 0 Å². The number of aliphatic hydroxyl groups is 1. The monoisotopic (exact) mass is 225 g/mol. The average Bonchev–Trinajstić information content (AvgIpc) is 2.58. The summed E-state index contributed by atoms with van der Waals surface area (Å²) in [5, 5.41) is 14.4. The van der Waals surface area contributed by atoms with Crippen molar-refractivity contribution in [3.05, 3.63) is 0 Å². The molecule has 1 heterocycles. The Morgan fingerprint density at radius 3 is 2.88 bits per heavy atom. The van der Waals surface area contributed by atoms with E-state index < -0.39 is 5.60 Å². The summed E-state index contributed by atoms with van der Waals surface area (Å²) in [6.45, 7) is 3.36. The molecule has 1 aliphatic carbocycles. The molecule has 2 heteroatoms. The van der Waals surface area contributed by atoms with Gasteiger partial charge >= 0.3 is 0 Å². The van der Waals surface area contributed by atoms with Crippen LogP contribution in [0.3, 0.4) is 0 Å². The zero-order chi connectivity index (χ0) is 11.4. The number of rotatable bonds is 2. The van der Waals surface area contributed by atoms with Gasteiger partial charge in [-0.3, -0.25) is 0 Å². The summed E-state index contributed by atoms with van der Waals surface area (Å²) in [6, 6.07) is 0.365. The van der Waals surface area contributed by atoms with E-state index in [-0.39, 0.29) is 0 Å². The van der Waals surface area contributed by atoms with Crippen LogP contribution in [0, 0.1) is 5.92 Å². The van der Waals surface area contributed by atoms with E-state index in [0.29, 0.717) is 6.04 Å². The maximum Gasteiger partial charge on any atom is 0.0802 e. The van der Waals surface area contributed by atoms with Gasteiger partial charge in [0.15, 0.2) is 0 Å². The predicted octanol–water partition coefficient (Wildman–Crippen LogP) is 2.85. The van der Waals surface area contributed by atoms with Gasteiger partial charge in [-0.15, -0.1) is 0 Å². The highest BCUT2D eigenvalue weighted by molar-refractivity contribution is 4.96. The molecule has 2 N–H and O–H groups in total. The fraction of sp³-hybridized carbons (Fsp3) is 1.00. The lowest BCUT2D eigenvalue weighted by Gasteiger charge is -2.42. The van der Waals surface area contributed by atoms with Crippen molar-refractivity contribution in [2.45, 2.75) is 76.4 Å². The molecule has 94 valence electrons. The van der Waals surface area contributed by atoms with E-state index in [0.717, 1.165) is 25.3 Å². The number of hydrogen-bond donors (Lipinski definition) is 2. The molecule has 0 radical (unpaired) electrons. The first-order valence-electron chi connectivity index (χ1n) is 7.20. The molecule has 3 atom stereocenters. The molecule has 0 bridgehead atoms. The summed E-state index contributed by atoms with van der Waals surface area (Å²) in [5.41, 5.74) is -0.400. The highest BCUT2D eigenvalue weighted by atomic mass is 16.3. The van der Waals surface area contributed by atoms with Crippen LogP contribution < -0.4 is 5.32 Å². The summed E-state index contributed by atoms with van der Waals surface area (Å²) in [7, 11) is 0. The minimum absolute atomic E-state index is 0.365. The molecule has 0 aromatic heterocycles. The van der Waals surface area contributed by atoms with Gasteiger partial charge in [0.25, 0.3) is 0 Å². The molecule has 1 saturated heterocycles. The first kappa shape index (κ1) is 12.4. The molecule has 1 aliphatic heterocycles. The number of hydrogen-bond acceptors (Lipinski definition) is 2. The molecule has 0 aromatic rings. The highest BCUT2D eigenvalue weighted by Crippen LogP contribution is 2.38. The van der Waals surface area contributed by atoms with Gasteiger partial charge in [0, 0.05) is 6.04 Å². The largest absolute Gasteiger partial charge is 0.388 e. The Bertz CT molecular complexity index is 211. The van der Waals surface area contributed by atoms with Crippen LogP contribution in [-0.4, -0.2) is 23.3 Å². The normalized spacial score (nSPS) is 41.6. The van der Waals surface area contributed by atoms with Crippen molar-refractivity contribution < 1.29 is 5.11 Å². The molecular weight excluding hydrogens is 198 g/mol. The second-order valence-corrected chi connectivity index (χ2v) is 5.83. The SMILES string of the molecule is CCC1CCCC(O)(C2CCCCCN2)C1. The van der Waals surface area contributed by atoms with Crippen molar-refractivity contribution in [1.82, 2.24) is 5.32 Å². The summed E-state index contributed by atoms with van der Waals surface area (Å²) in [6.07, 6.45) is 10.9. The maximum atomic E-state index is 10.9. The van der Waals surface area contributed by atoms with Crippen LogP contribution in [0.2, 0.25) is 0 Å². The van der Waals surface area contributed by atoms with Crippen LogP contribution in [0.1, 0.15) is 64.7 Å². The van der Waals surface area contributed by atoms with Crippen LogP contribution in [0.15, 0.2) is 0 Å². The Balaban J connectivity index is 1.98. The Kier molecular flexibility index (Phi) is 4.26. The molecule has 3 unspecified atom stereocenters. The second-order valence-electron chi connectivity index (χ2n) is 5.83. The van der Waals surface area contributed by atoms with Gasteiger partial charge in [-0.2, -0.15) is 0 Å². The van der Waals surface area contributed by atoms with Crippen molar-refractivity contribution in [2.24, 2.45) is 5.92 Å². The van der Waals surface area contributed by atoms with Gasteiger partial charge in [-0.05, 0) is 38.1 Å². The third kappa shape index (κ3) is 2.78. The zero-order valence-electron chi connectivity index (χ0n) is 10.7. The van der Waals surface area contributed by atoms with Gasteiger partial charge in [-0.1, -0.05) is 39.0 Å². The Labute approximate surface area is 99.8 Å². The Morgan fingerprint density at radius 2 is 2.06 bits per heavy atom. The molecule has 0 aromatic carbocycles. The highest BCUT2D eigenvalue weighted by Gasteiger charge is 2.40. The van der Waals surface area contributed by atoms with Crippen LogP contribution in [-0.2, 0) is 0 Å². The molecular formula is C14H27NO. The Hall–Kier alpha value is -0.0800. The standard InChI is InChI=1S/C14H27NO/c1-2-12-7-6-9-14(16,11-12)13-8-4-3-5-10-15-13/h12-13,15-16H,2-11H2,1H3. The van der Waals surface area contributed by atoms with Gasteiger partial charge < -0.3 is 10.4 Å². The van der Waals surface area contributed by atoms with Crippen LogP contribution in [0.5, 0.6) is 0 Å². The average molecular weight is 225 g/mol. The smallest absolute Gasteiger partial charge is 0.0802 e.